The molecule has 5 heteroatoms. The van der Waals surface area contributed by atoms with Crippen LogP contribution < -0.4 is 11.1 Å². The number of aliphatic carboxylic acids is 1. The summed E-state index contributed by atoms with van der Waals surface area (Å²) in [6.45, 7) is 8.30. The first-order valence-electron chi connectivity index (χ1n) is 4.79. The maximum Gasteiger partial charge on any atom is 0.326 e. The maximum absolute atomic E-state index is 11.5. The van der Waals surface area contributed by atoms with Crippen LogP contribution in [0.2, 0.25) is 0 Å². The molecule has 15 heavy (non-hydrogen) atoms. The highest BCUT2D eigenvalue weighted by Crippen LogP contribution is 2.19. The number of carbonyl (C=O) groups is 2. The molecular weight excluding hydrogens is 196 g/mol. The molecule has 0 aromatic rings. The van der Waals surface area contributed by atoms with Crippen molar-refractivity contribution in [3.05, 3.63) is 0 Å². The average Bonchev–Trinajstić information content (AvgIpc) is 1.94. The Labute approximate surface area is 90.0 Å². The molecule has 88 valence electrons. The van der Waals surface area contributed by atoms with Crippen molar-refractivity contribution in [2.24, 2.45) is 11.1 Å². The van der Waals surface area contributed by atoms with Crippen LogP contribution >= 0.6 is 0 Å². The number of nitrogens with one attached hydrogen (secondary N) is 1. The zero-order valence-corrected chi connectivity index (χ0v) is 9.92. The summed E-state index contributed by atoms with van der Waals surface area (Å²) >= 11 is 0. The van der Waals surface area contributed by atoms with E-state index in [1.165, 1.54) is 13.8 Å². The summed E-state index contributed by atoms with van der Waals surface area (Å²) in [4.78, 5) is 22.5. The predicted octanol–water partition coefficient (Wildman–Crippen LogP) is 0.339. The van der Waals surface area contributed by atoms with Crippen LogP contribution in [-0.2, 0) is 9.59 Å². The SMILES string of the molecule is CC(C)(N)C(=O)N[C@H](C(=O)O)C(C)(C)C. The van der Waals surface area contributed by atoms with Crippen molar-refractivity contribution in [2.45, 2.75) is 46.2 Å². The van der Waals surface area contributed by atoms with Gasteiger partial charge in [0.05, 0.1) is 5.54 Å². The molecule has 4 N–H and O–H groups in total. The van der Waals surface area contributed by atoms with Crippen LogP contribution in [0.4, 0.5) is 0 Å². The van der Waals surface area contributed by atoms with Crippen molar-refractivity contribution in [3.8, 4) is 0 Å². The number of amides is 1. The van der Waals surface area contributed by atoms with Gasteiger partial charge in [-0.15, -0.1) is 0 Å². The van der Waals surface area contributed by atoms with Gasteiger partial charge in [-0.3, -0.25) is 4.79 Å². The molecule has 0 saturated heterocycles. The van der Waals surface area contributed by atoms with Gasteiger partial charge in [-0.2, -0.15) is 0 Å². The highest BCUT2D eigenvalue weighted by atomic mass is 16.4. The van der Waals surface area contributed by atoms with Crippen molar-refractivity contribution in [2.75, 3.05) is 0 Å². The van der Waals surface area contributed by atoms with E-state index in [2.05, 4.69) is 5.32 Å². The molecule has 0 radical (unpaired) electrons. The van der Waals surface area contributed by atoms with Crippen LogP contribution in [-0.4, -0.2) is 28.6 Å². The fraction of sp³-hybridized carbons (Fsp3) is 0.800. The Morgan fingerprint density at radius 1 is 1.20 bits per heavy atom. The van der Waals surface area contributed by atoms with Gasteiger partial charge in [0, 0.05) is 0 Å². The fourth-order valence-electron chi connectivity index (χ4n) is 0.966. The predicted molar refractivity (Wildman–Crippen MR) is 57.3 cm³/mol. The number of carbonyl (C=O) groups excluding carboxylic acids is 1. The maximum atomic E-state index is 11.5. The third-order valence-electron chi connectivity index (χ3n) is 1.97. The summed E-state index contributed by atoms with van der Waals surface area (Å²) in [7, 11) is 0. The van der Waals surface area contributed by atoms with E-state index in [1.54, 1.807) is 20.8 Å². The zero-order valence-electron chi connectivity index (χ0n) is 9.92. The van der Waals surface area contributed by atoms with Gasteiger partial charge in [-0.25, -0.2) is 4.79 Å². The molecule has 0 aliphatic carbocycles. The van der Waals surface area contributed by atoms with Crippen molar-refractivity contribution < 1.29 is 14.7 Å². The molecule has 0 unspecified atom stereocenters. The number of carboxylic acids is 1. The molecular formula is C10H20N2O3. The van der Waals surface area contributed by atoms with Crippen LogP contribution in [0.15, 0.2) is 0 Å². The second-order valence-electron chi connectivity index (χ2n) is 5.33. The molecule has 0 fully saturated rings. The van der Waals surface area contributed by atoms with E-state index < -0.39 is 28.9 Å². The molecule has 0 aliphatic rings. The highest BCUT2D eigenvalue weighted by molar-refractivity contribution is 5.89. The van der Waals surface area contributed by atoms with Crippen molar-refractivity contribution >= 4 is 11.9 Å². The number of rotatable bonds is 3. The molecule has 1 amide bonds. The van der Waals surface area contributed by atoms with Crippen LogP contribution in [0.25, 0.3) is 0 Å². The van der Waals surface area contributed by atoms with E-state index in [0.717, 1.165) is 0 Å². The van der Waals surface area contributed by atoms with E-state index in [9.17, 15) is 9.59 Å². The van der Waals surface area contributed by atoms with E-state index in [1.807, 2.05) is 0 Å². The number of hydrogen-bond donors (Lipinski definition) is 3. The lowest BCUT2D eigenvalue weighted by atomic mass is 9.86. The van der Waals surface area contributed by atoms with Gasteiger partial charge in [0.15, 0.2) is 0 Å². The minimum Gasteiger partial charge on any atom is -0.480 e. The van der Waals surface area contributed by atoms with Gasteiger partial charge in [-0.1, -0.05) is 20.8 Å². The lowest BCUT2D eigenvalue weighted by Crippen LogP contribution is -2.57. The van der Waals surface area contributed by atoms with Crippen molar-refractivity contribution in [3.63, 3.8) is 0 Å². The monoisotopic (exact) mass is 216 g/mol. The van der Waals surface area contributed by atoms with Crippen LogP contribution in [0.3, 0.4) is 0 Å². The Balaban J connectivity index is 4.74. The fourth-order valence-corrected chi connectivity index (χ4v) is 0.966. The number of carboxylic acid groups (broad SMARTS) is 1. The Bertz CT molecular complexity index is 261. The Morgan fingerprint density at radius 2 is 1.60 bits per heavy atom. The van der Waals surface area contributed by atoms with Gasteiger partial charge in [0.25, 0.3) is 0 Å². The quantitative estimate of drug-likeness (QED) is 0.634. The minimum atomic E-state index is -1.07. The van der Waals surface area contributed by atoms with Crippen molar-refractivity contribution in [1.29, 1.82) is 0 Å². The third kappa shape index (κ3) is 4.29. The number of nitrogens with two attached hydrogens (primary N) is 1. The molecule has 0 aromatic heterocycles. The summed E-state index contributed by atoms with van der Waals surface area (Å²) in [5.41, 5.74) is 3.95. The molecule has 0 saturated carbocycles. The van der Waals surface area contributed by atoms with Crippen molar-refractivity contribution in [1.82, 2.24) is 5.32 Å². The van der Waals surface area contributed by atoms with E-state index >= 15 is 0 Å². The lowest BCUT2D eigenvalue weighted by molar-refractivity contribution is -0.145. The first kappa shape index (κ1) is 13.9. The molecule has 0 spiro atoms. The van der Waals surface area contributed by atoms with Crippen LogP contribution in [0.1, 0.15) is 34.6 Å². The largest absolute Gasteiger partial charge is 0.480 e. The third-order valence-corrected chi connectivity index (χ3v) is 1.97. The molecule has 0 rings (SSSR count). The number of hydrogen-bond acceptors (Lipinski definition) is 3. The topological polar surface area (TPSA) is 92.4 Å². The Hall–Kier alpha value is -1.10. The summed E-state index contributed by atoms with van der Waals surface area (Å²) in [6.07, 6.45) is 0. The van der Waals surface area contributed by atoms with Gasteiger partial charge < -0.3 is 16.2 Å². The molecule has 0 aliphatic heterocycles. The summed E-state index contributed by atoms with van der Waals surface area (Å²) in [5, 5.41) is 11.4. The van der Waals surface area contributed by atoms with Gasteiger partial charge in [0.1, 0.15) is 6.04 Å². The zero-order chi connectivity index (χ0) is 12.4. The smallest absolute Gasteiger partial charge is 0.326 e. The van der Waals surface area contributed by atoms with Gasteiger partial charge >= 0.3 is 5.97 Å². The second kappa shape index (κ2) is 4.18. The lowest BCUT2D eigenvalue weighted by Gasteiger charge is -2.30. The van der Waals surface area contributed by atoms with E-state index in [-0.39, 0.29) is 0 Å². The van der Waals surface area contributed by atoms with E-state index in [4.69, 9.17) is 10.8 Å². The first-order valence-corrected chi connectivity index (χ1v) is 4.79. The summed E-state index contributed by atoms with van der Waals surface area (Å²) < 4.78 is 0. The van der Waals surface area contributed by atoms with Crippen LogP contribution in [0, 0.1) is 5.41 Å². The molecule has 5 nitrogen and oxygen atoms in total. The highest BCUT2D eigenvalue weighted by Gasteiger charge is 2.35. The summed E-state index contributed by atoms with van der Waals surface area (Å²) in [5.74, 6) is -1.52. The minimum absolute atomic E-state index is 0.468. The standard InChI is InChI=1S/C10H20N2O3/c1-9(2,3)6(7(13)14)12-8(15)10(4,5)11/h6H,11H2,1-5H3,(H,12,15)(H,13,14)/t6-/m1/s1. The van der Waals surface area contributed by atoms with E-state index in [0.29, 0.717) is 0 Å². The summed E-state index contributed by atoms with van der Waals surface area (Å²) in [6, 6.07) is -0.937. The second-order valence-corrected chi connectivity index (χ2v) is 5.33. The molecule has 1 atom stereocenters. The molecule has 0 heterocycles. The Morgan fingerprint density at radius 3 is 1.80 bits per heavy atom. The average molecular weight is 216 g/mol. The molecule has 0 bridgehead atoms. The first-order chi connectivity index (χ1) is 6.46. The van der Waals surface area contributed by atoms with Gasteiger partial charge in [-0.05, 0) is 19.3 Å². The van der Waals surface area contributed by atoms with Crippen LogP contribution in [0.5, 0.6) is 0 Å². The van der Waals surface area contributed by atoms with Gasteiger partial charge in [0.2, 0.25) is 5.91 Å². The Kier molecular flexibility index (Phi) is 3.88. The normalized spacial score (nSPS) is 14.5. The molecule has 0 aromatic carbocycles.